The van der Waals surface area contributed by atoms with Crippen LogP contribution in [0.4, 0.5) is 0 Å². The van der Waals surface area contributed by atoms with Crippen molar-refractivity contribution in [1.29, 1.82) is 0 Å². The maximum Gasteiger partial charge on any atom is 0.306 e. The molecule has 0 aliphatic heterocycles. The second kappa shape index (κ2) is 7.37. The number of aromatic amines is 1. The van der Waals surface area contributed by atoms with Gasteiger partial charge in [0.15, 0.2) is 0 Å². The first kappa shape index (κ1) is 17.4. The minimum Gasteiger partial charge on any atom is -0.469 e. The van der Waals surface area contributed by atoms with Gasteiger partial charge >= 0.3 is 5.97 Å². The molecule has 0 saturated carbocycles. The van der Waals surface area contributed by atoms with Crippen molar-refractivity contribution >= 4 is 16.0 Å². The van der Waals surface area contributed by atoms with Gasteiger partial charge in [0.1, 0.15) is 4.90 Å². The summed E-state index contributed by atoms with van der Waals surface area (Å²) in [6, 6.07) is 1.15. The van der Waals surface area contributed by atoms with Crippen LogP contribution >= 0.6 is 0 Å². The number of pyridine rings is 1. The van der Waals surface area contributed by atoms with Crippen molar-refractivity contribution in [2.45, 2.75) is 25.2 Å². The average Bonchev–Trinajstić information content (AvgIpc) is 2.42. The van der Waals surface area contributed by atoms with Gasteiger partial charge in [-0.25, -0.2) is 8.42 Å². The van der Waals surface area contributed by atoms with Crippen molar-refractivity contribution < 1.29 is 17.9 Å². The molecule has 0 aromatic carbocycles. The number of carbonyl (C=O) groups is 1. The fourth-order valence-corrected chi connectivity index (χ4v) is 3.42. The number of nitrogens with one attached hydrogen (secondary N) is 1. The summed E-state index contributed by atoms with van der Waals surface area (Å²) in [5.74, 6) is -0.443. The molecule has 8 heteroatoms. The predicted octanol–water partition coefficient (Wildman–Crippen LogP) is 0.585. The van der Waals surface area contributed by atoms with Gasteiger partial charge in [0.25, 0.3) is 0 Å². The van der Waals surface area contributed by atoms with Crippen molar-refractivity contribution in [2.24, 2.45) is 5.92 Å². The van der Waals surface area contributed by atoms with Gasteiger partial charge in [-0.05, 0) is 5.92 Å². The van der Waals surface area contributed by atoms with Gasteiger partial charge < -0.3 is 9.72 Å². The Kier molecular flexibility index (Phi) is 6.10. The predicted molar refractivity (Wildman–Crippen MR) is 77.3 cm³/mol. The van der Waals surface area contributed by atoms with Crippen LogP contribution in [0.5, 0.6) is 0 Å². The summed E-state index contributed by atoms with van der Waals surface area (Å²) >= 11 is 0. The van der Waals surface area contributed by atoms with E-state index in [0.717, 1.165) is 16.6 Å². The lowest BCUT2D eigenvalue weighted by Gasteiger charge is -2.23. The lowest BCUT2D eigenvalue weighted by Crippen LogP contribution is -2.38. The normalized spacial score (nSPS) is 11.9. The summed E-state index contributed by atoms with van der Waals surface area (Å²) in [4.78, 5) is 25.2. The van der Waals surface area contributed by atoms with Crippen molar-refractivity contribution in [2.75, 3.05) is 20.2 Å². The van der Waals surface area contributed by atoms with Crippen LogP contribution in [-0.4, -0.2) is 43.9 Å². The second-order valence-electron chi connectivity index (χ2n) is 4.96. The molecule has 0 fully saturated rings. The highest BCUT2D eigenvalue weighted by molar-refractivity contribution is 7.89. The Labute approximate surface area is 124 Å². The van der Waals surface area contributed by atoms with E-state index >= 15 is 0 Å². The molecule has 0 bridgehead atoms. The molecular weight excluding hydrogens is 296 g/mol. The highest BCUT2D eigenvalue weighted by atomic mass is 32.2. The number of ether oxygens (including phenoxy) is 1. The first-order valence-corrected chi connectivity index (χ1v) is 7.97. The number of rotatable bonds is 7. The minimum absolute atomic E-state index is 0.0263. The highest BCUT2D eigenvalue weighted by Gasteiger charge is 2.27. The standard InChI is InChI=1S/C13H20N2O5S/c1-10(2)9-15(7-5-13(17)20-3)21(18,19)12-8-14-6-4-11(12)16/h4,6,8,10H,5,7,9H2,1-3H3,(H,14,16). The number of aromatic nitrogens is 1. The van der Waals surface area contributed by atoms with Gasteiger partial charge in [0, 0.05) is 31.5 Å². The highest BCUT2D eigenvalue weighted by Crippen LogP contribution is 2.14. The zero-order chi connectivity index (χ0) is 16.0. The third kappa shape index (κ3) is 4.68. The summed E-state index contributed by atoms with van der Waals surface area (Å²) in [6.07, 6.45) is 2.46. The molecule has 0 radical (unpaired) electrons. The van der Waals surface area contributed by atoms with Crippen LogP contribution in [0.25, 0.3) is 0 Å². The second-order valence-corrected chi connectivity index (χ2v) is 6.86. The summed E-state index contributed by atoms with van der Waals surface area (Å²) < 4.78 is 30.7. The molecule has 0 saturated heterocycles. The molecule has 118 valence electrons. The van der Waals surface area contributed by atoms with E-state index in [-0.39, 0.29) is 30.3 Å². The van der Waals surface area contributed by atoms with Crippen LogP contribution < -0.4 is 5.43 Å². The Morgan fingerprint density at radius 1 is 1.43 bits per heavy atom. The molecule has 1 aromatic rings. The van der Waals surface area contributed by atoms with E-state index in [9.17, 15) is 18.0 Å². The van der Waals surface area contributed by atoms with Gasteiger partial charge in [0.05, 0.1) is 13.5 Å². The van der Waals surface area contributed by atoms with Crippen LogP contribution in [0.2, 0.25) is 0 Å². The van der Waals surface area contributed by atoms with Crippen LogP contribution in [0.1, 0.15) is 20.3 Å². The van der Waals surface area contributed by atoms with Gasteiger partial charge in [-0.15, -0.1) is 0 Å². The Hall–Kier alpha value is -1.67. The molecule has 0 aliphatic carbocycles. The number of nitrogens with zero attached hydrogens (tertiary/aromatic N) is 1. The molecular formula is C13H20N2O5S. The third-order valence-electron chi connectivity index (χ3n) is 2.77. The Bertz CT molecular complexity index is 636. The van der Waals surface area contributed by atoms with Crippen molar-refractivity contribution in [3.8, 4) is 0 Å². The van der Waals surface area contributed by atoms with Gasteiger partial charge in [0.2, 0.25) is 15.5 Å². The molecule has 0 atom stereocenters. The van der Waals surface area contributed by atoms with Crippen LogP contribution in [0.15, 0.2) is 28.2 Å². The number of H-pyrrole nitrogens is 1. The van der Waals surface area contributed by atoms with E-state index in [1.54, 1.807) is 0 Å². The smallest absolute Gasteiger partial charge is 0.306 e. The van der Waals surface area contributed by atoms with Crippen molar-refractivity contribution in [1.82, 2.24) is 9.29 Å². The van der Waals surface area contributed by atoms with E-state index in [1.807, 2.05) is 13.8 Å². The number of carbonyl (C=O) groups excluding carboxylic acids is 1. The Balaban J connectivity index is 3.09. The molecule has 1 heterocycles. The SMILES string of the molecule is COC(=O)CCN(CC(C)C)S(=O)(=O)c1c[nH]ccc1=O. The van der Waals surface area contributed by atoms with Crippen molar-refractivity contribution in [3.05, 3.63) is 28.7 Å². The van der Waals surface area contributed by atoms with Crippen LogP contribution in [0, 0.1) is 5.92 Å². The summed E-state index contributed by atoms with van der Waals surface area (Å²) in [5, 5.41) is 0. The lowest BCUT2D eigenvalue weighted by molar-refractivity contribution is -0.140. The largest absolute Gasteiger partial charge is 0.469 e. The number of esters is 1. The molecule has 0 spiro atoms. The topological polar surface area (TPSA) is 96.5 Å². The zero-order valence-corrected chi connectivity index (χ0v) is 13.1. The van der Waals surface area contributed by atoms with Gasteiger partial charge in [-0.2, -0.15) is 4.31 Å². The molecule has 0 unspecified atom stereocenters. The maximum absolute atomic E-state index is 12.5. The maximum atomic E-state index is 12.5. The molecule has 1 rings (SSSR count). The number of hydrogen-bond donors (Lipinski definition) is 1. The number of sulfonamides is 1. The quantitative estimate of drug-likeness (QED) is 0.742. The Morgan fingerprint density at radius 2 is 2.10 bits per heavy atom. The third-order valence-corrected chi connectivity index (χ3v) is 4.65. The number of hydrogen-bond acceptors (Lipinski definition) is 5. The van der Waals surface area contributed by atoms with Gasteiger partial charge in [-0.3, -0.25) is 9.59 Å². The summed E-state index contributed by atoms with van der Waals surface area (Å²) in [5.41, 5.74) is -0.583. The number of methoxy groups -OCH3 is 1. The lowest BCUT2D eigenvalue weighted by atomic mass is 10.2. The van der Waals surface area contributed by atoms with Crippen LogP contribution in [0.3, 0.4) is 0 Å². The minimum atomic E-state index is -3.95. The average molecular weight is 316 g/mol. The van der Waals surface area contributed by atoms with E-state index in [0.29, 0.717) is 0 Å². The molecule has 7 nitrogen and oxygen atoms in total. The van der Waals surface area contributed by atoms with E-state index in [1.165, 1.54) is 13.3 Å². The van der Waals surface area contributed by atoms with Crippen molar-refractivity contribution in [3.63, 3.8) is 0 Å². The summed E-state index contributed by atoms with van der Waals surface area (Å²) in [6.45, 7) is 3.90. The van der Waals surface area contributed by atoms with E-state index in [4.69, 9.17) is 0 Å². The Morgan fingerprint density at radius 3 is 2.62 bits per heavy atom. The summed E-state index contributed by atoms with van der Waals surface area (Å²) in [7, 11) is -2.71. The molecule has 1 N–H and O–H groups in total. The monoisotopic (exact) mass is 316 g/mol. The first-order chi connectivity index (χ1) is 9.78. The van der Waals surface area contributed by atoms with E-state index in [2.05, 4.69) is 9.72 Å². The van der Waals surface area contributed by atoms with Crippen LogP contribution in [-0.2, 0) is 19.6 Å². The molecule has 21 heavy (non-hydrogen) atoms. The van der Waals surface area contributed by atoms with E-state index < -0.39 is 21.4 Å². The zero-order valence-electron chi connectivity index (χ0n) is 12.3. The first-order valence-electron chi connectivity index (χ1n) is 6.53. The fourth-order valence-electron chi connectivity index (χ4n) is 1.78. The fraction of sp³-hybridized carbons (Fsp3) is 0.538. The molecule has 0 amide bonds. The van der Waals surface area contributed by atoms with Gasteiger partial charge in [-0.1, -0.05) is 13.8 Å². The molecule has 0 aliphatic rings. The molecule has 1 aromatic heterocycles.